The van der Waals surface area contributed by atoms with E-state index in [0.29, 0.717) is 4.88 Å². The van der Waals surface area contributed by atoms with Crippen LogP contribution in [0.5, 0.6) is 0 Å². The predicted molar refractivity (Wildman–Crippen MR) is 93.0 cm³/mol. The van der Waals surface area contributed by atoms with Gasteiger partial charge >= 0.3 is 0 Å². The molecule has 0 fully saturated rings. The Kier molecular flexibility index (Phi) is 4.43. The molecule has 0 saturated carbocycles. The summed E-state index contributed by atoms with van der Waals surface area (Å²) in [5.41, 5.74) is 4.38. The van der Waals surface area contributed by atoms with Crippen molar-refractivity contribution in [2.24, 2.45) is 0 Å². The van der Waals surface area contributed by atoms with Crippen molar-refractivity contribution in [1.82, 2.24) is 19.9 Å². The highest BCUT2D eigenvalue weighted by Crippen LogP contribution is 2.22. The Balaban J connectivity index is 1.72. The van der Waals surface area contributed by atoms with Crippen LogP contribution >= 0.6 is 11.5 Å². The van der Waals surface area contributed by atoms with Crippen LogP contribution in [0, 0.1) is 6.92 Å². The summed E-state index contributed by atoms with van der Waals surface area (Å²) in [5, 5.41) is 8.27. The van der Waals surface area contributed by atoms with E-state index in [4.69, 9.17) is 0 Å². The molecule has 5 nitrogen and oxygen atoms in total. The number of fused-ring (bicyclic) bond motifs is 1. The highest BCUT2D eigenvalue weighted by atomic mass is 32.1. The number of nitrogens with one attached hydrogen (secondary N) is 2. The first kappa shape index (κ1) is 15.7. The topological polar surface area (TPSA) is 70.7 Å². The monoisotopic (exact) mass is 328 g/mol. The summed E-state index contributed by atoms with van der Waals surface area (Å²) in [4.78, 5) is 16.3. The molecule has 2 heterocycles. The molecule has 6 heteroatoms. The van der Waals surface area contributed by atoms with Crippen LogP contribution in [0.15, 0.2) is 24.4 Å². The molecule has 0 saturated heterocycles. The van der Waals surface area contributed by atoms with Gasteiger partial charge < -0.3 is 10.3 Å². The molecule has 0 aliphatic carbocycles. The van der Waals surface area contributed by atoms with Gasteiger partial charge in [-0.25, -0.2) is 0 Å². The van der Waals surface area contributed by atoms with Crippen LogP contribution in [-0.2, 0) is 12.8 Å². The average molecular weight is 328 g/mol. The fraction of sp³-hybridized carbons (Fsp3) is 0.353. The Hall–Kier alpha value is -2.21. The molecule has 1 unspecified atom stereocenters. The van der Waals surface area contributed by atoms with Crippen LogP contribution in [0.3, 0.4) is 0 Å². The van der Waals surface area contributed by atoms with E-state index >= 15 is 0 Å². The minimum absolute atomic E-state index is 0.0359. The number of hydrogen-bond acceptors (Lipinski definition) is 4. The van der Waals surface area contributed by atoms with E-state index in [-0.39, 0.29) is 11.9 Å². The van der Waals surface area contributed by atoms with Crippen molar-refractivity contribution >= 4 is 28.3 Å². The van der Waals surface area contributed by atoms with E-state index in [1.165, 1.54) is 22.0 Å². The third-order valence-corrected chi connectivity index (χ3v) is 4.78. The molecule has 1 aromatic carbocycles. The van der Waals surface area contributed by atoms with Crippen molar-refractivity contribution in [1.29, 1.82) is 0 Å². The van der Waals surface area contributed by atoms with Gasteiger partial charge in [0.1, 0.15) is 4.88 Å². The first-order chi connectivity index (χ1) is 11.1. The van der Waals surface area contributed by atoms with Gasteiger partial charge in [-0.15, -0.1) is 5.10 Å². The van der Waals surface area contributed by atoms with Gasteiger partial charge in [0.05, 0.1) is 5.69 Å². The van der Waals surface area contributed by atoms with Gasteiger partial charge in [0.15, 0.2) is 0 Å². The van der Waals surface area contributed by atoms with Gasteiger partial charge in [-0.1, -0.05) is 29.6 Å². The number of benzene rings is 1. The van der Waals surface area contributed by atoms with Crippen molar-refractivity contribution in [3.05, 3.63) is 46.1 Å². The van der Waals surface area contributed by atoms with Crippen molar-refractivity contribution in [3.63, 3.8) is 0 Å². The maximum absolute atomic E-state index is 12.4. The number of H-pyrrole nitrogens is 1. The van der Waals surface area contributed by atoms with E-state index < -0.39 is 0 Å². The lowest BCUT2D eigenvalue weighted by Gasteiger charge is -2.13. The molecule has 2 aromatic heterocycles. The molecule has 0 bridgehead atoms. The van der Waals surface area contributed by atoms with Crippen LogP contribution in [-0.4, -0.2) is 26.5 Å². The van der Waals surface area contributed by atoms with Crippen molar-refractivity contribution < 1.29 is 4.79 Å². The number of aromatic nitrogens is 3. The van der Waals surface area contributed by atoms with Crippen LogP contribution in [0.2, 0.25) is 0 Å². The summed E-state index contributed by atoms with van der Waals surface area (Å²) >= 11 is 1.16. The summed E-state index contributed by atoms with van der Waals surface area (Å²) < 4.78 is 3.87. The molecule has 120 valence electrons. The van der Waals surface area contributed by atoms with Crippen molar-refractivity contribution in [3.8, 4) is 0 Å². The third kappa shape index (κ3) is 3.12. The first-order valence-electron chi connectivity index (χ1n) is 7.77. The van der Waals surface area contributed by atoms with Gasteiger partial charge in [-0.05, 0) is 49.3 Å². The Labute approximate surface area is 139 Å². The molecule has 3 rings (SSSR count). The number of nitrogens with zero attached hydrogens (tertiary/aromatic N) is 2. The maximum atomic E-state index is 12.4. The lowest BCUT2D eigenvalue weighted by atomic mass is 10.0. The summed E-state index contributed by atoms with van der Waals surface area (Å²) in [7, 11) is 0. The minimum atomic E-state index is -0.0830. The molecule has 3 aromatic rings. The third-order valence-electron chi connectivity index (χ3n) is 4.01. The van der Waals surface area contributed by atoms with E-state index in [1.807, 2.05) is 20.0 Å². The molecule has 0 radical (unpaired) electrons. The minimum Gasteiger partial charge on any atom is -0.361 e. The number of aryl methyl sites for hydroxylation is 2. The Bertz CT molecular complexity index is 836. The average Bonchev–Trinajstić information content (AvgIpc) is 3.15. The molecule has 0 aliphatic heterocycles. The van der Waals surface area contributed by atoms with Crippen LogP contribution in [0.1, 0.15) is 40.3 Å². The van der Waals surface area contributed by atoms with Gasteiger partial charge in [0.2, 0.25) is 0 Å². The van der Waals surface area contributed by atoms with E-state index in [0.717, 1.165) is 30.1 Å². The van der Waals surface area contributed by atoms with Gasteiger partial charge in [-0.3, -0.25) is 4.79 Å². The standard InChI is InChI=1S/C17H20N4OS/c1-4-14-16(23-21-20-14)17(22)19-11(3)8-12-9-18-15-10(2)6-5-7-13(12)15/h5-7,9,11,18H,4,8H2,1-3H3,(H,19,22). The second kappa shape index (κ2) is 6.50. The van der Waals surface area contributed by atoms with Crippen molar-refractivity contribution in [2.45, 2.75) is 39.7 Å². The summed E-state index contributed by atoms with van der Waals surface area (Å²) in [5.74, 6) is -0.0830. The van der Waals surface area contributed by atoms with E-state index in [9.17, 15) is 4.79 Å². The van der Waals surface area contributed by atoms with Crippen LogP contribution in [0.25, 0.3) is 10.9 Å². The predicted octanol–water partition coefficient (Wildman–Crippen LogP) is 3.25. The number of hydrogen-bond donors (Lipinski definition) is 2. The number of rotatable bonds is 5. The zero-order valence-corrected chi connectivity index (χ0v) is 14.3. The van der Waals surface area contributed by atoms with E-state index in [1.54, 1.807) is 0 Å². The second-order valence-electron chi connectivity index (χ2n) is 5.79. The lowest BCUT2D eigenvalue weighted by molar-refractivity contribution is 0.0943. The Morgan fingerprint density at radius 1 is 1.43 bits per heavy atom. The maximum Gasteiger partial charge on any atom is 0.265 e. The molecule has 1 amide bonds. The number of carbonyl (C=O) groups excluding carboxylic acids is 1. The number of carbonyl (C=O) groups is 1. The Morgan fingerprint density at radius 3 is 3.04 bits per heavy atom. The van der Waals surface area contributed by atoms with E-state index in [2.05, 4.69) is 45.0 Å². The largest absolute Gasteiger partial charge is 0.361 e. The lowest BCUT2D eigenvalue weighted by Crippen LogP contribution is -2.34. The number of para-hydroxylation sites is 1. The first-order valence-corrected chi connectivity index (χ1v) is 8.55. The zero-order valence-electron chi connectivity index (χ0n) is 13.5. The molecule has 2 N–H and O–H groups in total. The normalized spacial score (nSPS) is 12.5. The summed E-state index contributed by atoms with van der Waals surface area (Å²) in [6, 6.07) is 6.31. The smallest absolute Gasteiger partial charge is 0.265 e. The molecule has 23 heavy (non-hydrogen) atoms. The summed E-state index contributed by atoms with van der Waals surface area (Å²) in [6.45, 7) is 6.09. The zero-order chi connectivity index (χ0) is 16.4. The SMILES string of the molecule is CCc1nnsc1C(=O)NC(C)Cc1c[nH]c2c(C)cccc12. The molecule has 0 aliphatic rings. The highest BCUT2D eigenvalue weighted by molar-refractivity contribution is 7.08. The molecular weight excluding hydrogens is 308 g/mol. The highest BCUT2D eigenvalue weighted by Gasteiger charge is 2.18. The second-order valence-corrected chi connectivity index (χ2v) is 6.55. The number of aromatic amines is 1. The fourth-order valence-electron chi connectivity index (χ4n) is 2.82. The molecule has 1 atom stereocenters. The fourth-order valence-corrected chi connectivity index (χ4v) is 3.47. The molecule has 0 spiro atoms. The summed E-state index contributed by atoms with van der Waals surface area (Å²) in [6.07, 6.45) is 3.53. The van der Waals surface area contributed by atoms with Gasteiger partial charge in [-0.2, -0.15) is 0 Å². The van der Waals surface area contributed by atoms with Crippen molar-refractivity contribution in [2.75, 3.05) is 0 Å². The number of amides is 1. The quantitative estimate of drug-likeness (QED) is 0.755. The molecular formula is C17H20N4OS. The van der Waals surface area contributed by atoms with Crippen LogP contribution < -0.4 is 5.32 Å². The van der Waals surface area contributed by atoms with Crippen LogP contribution in [0.4, 0.5) is 0 Å². The van der Waals surface area contributed by atoms with Gasteiger partial charge in [0.25, 0.3) is 5.91 Å². The van der Waals surface area contributed by atoms with Gasteiger partial charge in [0, 0.05) is 23.1 Å². The Morgan fingerprint density at radius 2 is 2.26 bits per heavy atom.